The first kappa shape index (κ1) is 11.6. The zero-order valence-corrected chi connectivity index (χ0v) is 7.36. The van der Waals surface area contributed by atoms with E-state index in [1.807, 2.05) is 0 Å². The van der Waals surface area contributed by atoms with Crippen molar-refractivity contribution < 1.29 is 31.1 Å². The molecule has 0 aromatic rings. The van der Waals surface area contributed by atoms with Crippen LogP contribution in [0.3, 0.4) is 0 Å². The summed E-state index contributed by atoms with van der Waals surface area (Å²) in [5.41, 5.74) is 0. The smallest absolute Gasteiger partial charge is 0.158 e. The Morgan fingerprint density at radius 3 is 1.50 bits per heavy atom. The van der Waals surface area contributed by atoms with Crippen molar-refractivity contribution in [1.29, 1.82) is 0 Å². The van der Waals surface area contributed by atoms with Gasteiger partial charge in [-0.05, 0) is 20.8 Å². The first-order chi connectivity index (χ1) is 2.94. The van der Waals surface area contributed by atoms with Gasteiger partial charge in [0.1, 0.15) is 0 Å². The molecule has 1 unspecified atom stereocenters. The summed E-state index contributed by atoms with van der Waals surface area (Å²) in [5, 5.41) is 0. The molecule has 2 nitrogen and oxygen atoms in total. The average molecular weight is 230 g/mol. The normalized spacial score (nSPS) is 14.5. The summed E-state index contributed by atoms with van der Waals surface area (Å²) in [4.78, 5) is 0. The van der Waals surface area contributed by atoms with Crippen molar-refractivity contribution in [3.63, 3.8) is 0 Å². The summed E-state index contributed by atoms with van der Waals surface area (Å²) in [6, 6.07) is 0. The number of hydrogen-bond donors (Lipinski definition) is 1. The molecule has 4 heteroatoms. The van der Waals surface area contributed by atoms with Crippen molar-refractivity contribution in [2.75, 3.05) is 0 Å². The minimum Gasteiger partial charge on any atom is -0.306 e. The van der Waals surface area contributed by atoms with Crippen LogP contribution in [0.2, 0.25) is 0 Å². The van der Waals surface area contributed by atoms with Gasteiger partial charge in [0.05, 0.1) is 4.75 Å². The molecule has 1 atom stereocenters. The van der Waals surface area contributed by atoms with Crippen molar-refractivity contribution in [2.45, 2.75) is 25.5 Å². The Morgan fingerprint density at radius 2 is 1.50 bits per heavy atom. The van der Waals surface area contributed by atoms with Crippen LogP contribution in [0.1, 0.15) is 20.8 Å². The third-order valence-electron chi connectivity index (χ3n) is 0.524. The van der Waals surface area contributed by atoms with Crippen LogP contribution in [-0.2, 0) is 33.5 Å². The van der Waals surface area contributed by atoms with Crippen molar-refractivity contribution >= 4 is 11.1 Å². The Hall–Kier alpha value is 0.850. The second-order valence-electron chi connectivity index (χ2n) is 2.36. The van der Waals surface area contributed by atoms with E-state index in [9.17, 15) is 4.21 Å². The van der Waals surface area contributed by atoms with Gasteiger partial charge in [0.2, 0.25) is 0 Å². The average Bonchev–Trinajstić information content (AvgIpc) is 1.31. The van der Waals surface area contributed by atoms with Crippen molar-refractivity contribution in [2.24, 2.45) is 0 Å². The van der Waals surface area contributed by atoms with Gasteiger partial charge in [-0.2, -0.15) is 0 Å². The van der Waals surface area contributed by atoms with Crippen LogP contribution in [0, 0.1) is 0 Å². The molecule has 0 spiro atoms. The van der Waals surface area contributed by atoms with Crippen molar-refractivity contribution in [1.82, 2.24) is 0 Å². The summed E-state index contributed by atoms with van der Waals surface area (Å²) < 4.78 is 18.0. The Balaban J connectivity index is 0. The maximum absolute atomic E-state index is 10.1. The topological polar surface area (TPSA) is 37.3 Å². The molecule has 8 heavy (non-hydrogen) atoms. The number of rotatable bonds is 0. The van der Waals surface area contributed by atoms with Gasteiger partial charge in [0.25, 0.3) is 0 Å². The second kappa shape index (κ2) is 3.80. The van der Waals surface area contributed by atoms with Gasteiger partial charge in [0, 0.05) is 22.4 Å². The summed E-state index contributed by atoms with van der Waals surface area (Å²) in [6.45, 7) is 5.13. The molecular weight excluding hydrogens is 220 g/mol. The van der Waals surface area contributed by atoms with E-state index in [2.05, 4.69) is 0 Å². The van der Waals surface area contributed by atoms with Crippen LogP contribution in [0.15, 0.2) is 0 Å². The Labute approximate surface area is 67.8 Å². The fourth-order valence-electron chi connectivity index (χ4n) is 0. The van der Waals surface area contributed by atoms with Crippen LogP contribution < -0.4 is 0 Å². The van der Waals surface area contributed by atoms with E-state index in [0.29, 0.717) is 0 Å². The fourth-order valence-corrected chi connectivity index (χ4v) is 0. The van der Waals surface area contributed by atoms with Crippen LogP contribution in [0.5, 0.6) is 0 Å². The van der Waals surface area contributed by atoms with Crippen molar-refractivity contribution in [3.8, 4) is 0 Å². The molecule has 0 aliphatic heterocycles. The molecule has 1 N–H and O–H groups in total. The van der Waals surface area contributed by atoms with Gasteiger partial charge in [-0.15, -0.1) is 0 Å². The predicted octanol–water partition coefficient (Wildman–Crippen LogP) is 1.00. The maximum atomic E-state index is 10.1. The molecule has 0 fully saturated rings. The molecule has 55 valence electrons. The minimum atomic E-state index is -1.68. The zero-order valence-electron chi connectivity index (χ0n) is 5.07. The summed E-state index contributed by atoms with van der Waals surface area (Å²) in [7, 11) is 0. The van der Waals surface area contributed by atoms with E-state index in [1.165, 1.54) is 0 Å². The number of hydrogen-bond acceptors (Lipinski definition) is 1. The molecule has 0 bridgehead atoms. The third kappa shape index (κ3) is 5.00. The van der Waals surface area contributed by atoms with Gasteiger partial charge < -0.3 is 4.55 Å². The molecule has 0 saturated carbocycles. The third-order valence-corrected chi connectivity index (χ3v) is 1.57. The quantitative estimate of drug-likeness (QED) is 0.498. The maximum Gasteiger partial charge on any atom is 0.158 e. The van der Waals surface area contributed by atoms with Gasteiger partial charge in [-0.3, -0.25) is 0 Å². The SMILES string of the molecule is CC(C)(C)S(=O)O.[Ag]. The van der Waals surface area contributed by atoms with Crippen LogP contribution in [0.4, 0.5) is 0 Å². The van der Waals surface area contributed by atoms with Crippen LogP contribution in [0.25, 0.3) is 0 Å². The second-order valence-corrected chi connectivity index (χ2v) is 4.08. The first-order valence-electron chi connectivity index (χ1n) is 2.05. The van der Waals surface area contributed by atoms with Crippen LogP contribution >= 0.6 is 0 Å². The van der Waals surface area contributed by atoms with Gasteiger partial charge >= 0.3 is 0 Å². The van der Waals surface area contributed by atoms with Gasteiger partial charge in [0.15, 0.2) is 11.1 Å². The Bertz CT molecular complexity index is 86.5. The molecule has 0 saturated heterocycles. The van der Waals surface area contributed by atoms with E-state index in [1.54, 1.807) is 20.8 Å². The molecule has 0 aliphatic carbocycles. The van der Waals surface area contributed by atoms with Gasteiger partial charge in [-0.1, -0.05) is 0 Å². The zero-order chi connectivity index (χ0) is 6.08. The largest absolute Gasteiger partial charge is 0.306 e. The van der Waals surface area contributed by atoms with Crippen LogP contribution in [-0.4, -0.2) is 13.5 Å². The molecule has 0 aromatic carbocycles. The molecular formula is C4H10AgO2S. The minimum absolute atomic E-state index is 0. The molecule has 1 radical (unpaired) electrons. The molecule has 0 heterocycles. The van der Waals surface area contributed by atoms with E-state index in [0.717, 1.165) is 0 Å². The fraction of sp³-hybridized carbons (Fsp3) is 1.00. The standard InChI is InChI=1S/C4H10O2S.Ag/c1-4(2,3)7(5)6;/h1-3H3,(H,5,6);. The summed E-state index contributed by atoms with van der Waals surface area (Å²) >= 11 is -1.68. The van der Waals surface area contributed by atoms with Crippen molar-refractivity contribution in [3.05, 3.63) is 0 Å². The Morgan fingerprint density at radius 1 is 1.38 bits per heavy atom. The van der Waals surface area contributed by atoms with E-state index < -0.39 is 15.8 Å². The van der Waals surface area contributed by atoms with E-state index in [4.69, 9.17) is 4.55 Å². The van der Waals surface area contributed by atoms with E-state index in [-0.39, 0.29) is 22.4 Å². The van der Waals surface area contributed by atoms with Gasteiger partial charge in [-0.25, -0.2) is 4.21 Å². The molecule has 0 rings (SSSR count). The Kier molecular flexibility index (Phi) is 5.52. The first-order valence-corrected chi connectivity index (χ1v) is 3.16. The monoisotopic (exact) mass is 229 g/mol. The predicted molar refractivity (Wildman–Crippen MR) is 30.5 cm³/mol. The molecule has 0 aromatic heterocycles. The molecule has 0 aliphatic rings. The summed E-state index contributed by atoms with van der Waals surface area (Å²) in [6.07, 6.45) is 0. The summed E-state index contributed by atoms with van der Waals surface area (Å²) in [5.74, 6) is 0. The molecule has 0 amide bonds. The van der Waals surface area contributed by atoms with E-state index >= 15 is 0 Å².